The molecule has 0 aliphatic heterocycles. The maximum absolute atomic E-state index is 12.3. The summed E-state index contributed by atoms with van der Waals surface area (Å²) >= 11 is 0. The smallest absolute Gasteiger partial charge is 0.123 e. The van der Waals surface area contributed by atoms with Gasteiger partial charge in [-0.1, -0.05) is 43.2 Å². The van der Waals surface area contributed by atoms with Gasteiger partial charge in [-0.3, -0.25) is 0 Å². The van der Waals surface area contributed by atoms with Crippen LogP contribution in [-0.2, 0) is 0 Å². The van der Waals surface area contributed by atoms with Gasteiger partial charge in [0.25, 0.3) is 0 Å². The molecule has 1 atom stereocenters. The molecule has 1 N–H and O–H groups in total. The number of aromatic hydroxyl groups is 1. The number of phenolic OH excluding ortho intramolecular Hbond substituents is 1. The molecule has 132 valence electrons. The number of allylic oxidation sites excluding steroid dienone is 1. The van der Waals surface area contributed by atoms with Gasteiger partial charge in [0.2, 0.25) is 0 Å². The van der Waals surface area contributed by atoms with Crippen molar-refractivity contribution >= 4 is 5.57 Å². The number of ether oxygens (including phenoxy) is 1. The van der Waals surface area contributed by atoms with Gasteiger partial charge in [-0.15, -0.1) is 0 Å². The van der Waals surface area contributed by atoms with Crippen LogP contribution in [0.15, 0.2) is 54.1 Å². The first kappa shape index (κ1) is 17.5. The van der Waals surface area contributed by atoms with Crippen LogP contribution in [-0.4, -0.2) is 18.4 Å². The Morgan fingerprint density at radius 3 is 2.32 bits per heavy atom. The number of benzene rings is 2. The van der Waals surface area contributed by atoms with E-state index in [1.54, 1.807) is 12.1 Å². The van der Waals surface area contributed by atoms with E-state index < -0.39 is 6.67 Å². The summed E-state index contributed by atoms with van der Waals surface area (Å²) in [4.78, 5) is 0. The van der Waals surface area contributed by atoms with Crippen LogP contribution < -0.4 is 4.74 Å². The van der Waals surface area contributed by atoms with E-state index in [1.807, 2.05) is 36.4 Å². The van der Waals surface area contributed by atoms with Gasteiger partial charge < -0.3 is 9.84 Å². The van der Waals surface area contributed by atoms with Crippen LogP contribution in [0.3, 0.4) is 0 Å². The zero-order chi connectivity index (χ0) is 17.6. The molecule has 1 fully saturated rings. The third-order valence-electron chi connectivity index (χ3n) is 4.77. The highest BCUT2D eigenvalue weighted by molar-refractivity contribution is 5.82. The third kappa shape index (κ3) is 4.41. The monoisotopic (exact) mass is 340 g/mol. The molecule has 2 aromatic rings. The van der Waals surface area contributed by atoms with Crippen molar-refractivity contribution in [3.63, 3.8) is 0 Å². The van der Waals surface area contributed by atoms with Gasteiger partial charge in [0, 0.05) is 0 Å². The Bertz CT molecular complexity index is 717. The molecule has 2 nitrogen and oxygen atoms in total. The zero-order valence-corrected chi connectivity index (χ0v) is 14.7. The highest BCUT2D eigenvalue weighted by Gasteiger charge is 2.18. The number of hydrogen-bond acceptors (Lipinski definition) is 2. The van der Waals surface area contributed by atoms with Crippen LogP contribution in [0, 0.1) is 5.92 Å². The van der Waals surface area contributed by atoms with Crippen LogP contribution in [0.25, 0.3) is 5.57 Å². The van der Waals surface area contributed by atoms with Crippen LogP contribution in [0.5, 0.6) is 11.5 Å². The molecule has 0 radical (unpaired) electrons. The Morgan fingerprint density at radius 1 is 1.08 bits per heavy atom. The second-order valence-electron chi connectivity index (χ2n) is 6.79. The second kappa shape index (κ2) is 8.19. The molecule has 0 heterocycles. The molecule has 0 spiro atoms. The van der Waals surface area contributed by atoms with E-state index in [-0.39, 0.29) is 12.4 Å². The average molecular weight is 340 g/mol. The number of halogens is 1. The van der Waals surface area contributed by atoms with Crippen molar-refractivity contribution < 1.29 is 14.2 Å². The highest BCUT2D eigenvalue weighted by atomic mass is 19.1. The van der Waals surface area contributed by atoms with Gasteiger partial charge in [0.05, 0.1) is 0 Å². The molecule has 2 aromatic carbocycles. The highest BCUT2D eigenvalue weighted by Crippen LogP contribution is 2.37. The predicted octanol–water partition coefficient (Wildman–Crippen LogP) is 5.75. The van der Waals surface area contributed by atoms with E-state index in [1.165, 1.54) is 24.0 Å². The van der Waals surface area contributed by atoms with Crippen molar-refractivity contribution in [3.8, 4) is 11.5 Å². The zero-order valence-electron chi connectivity index (χ0n) is 14.7. The second-order valence-corrected chi connectivity index (χ2v) is 6.79. The number of hydrogen-bond donors (Lipinski definition) is 1. The molecule has 1 saturated carbocycles. The van der Waals surface area contributed by atoms with Gasteiger partial charge in [-0.2, -0.15) is 0 Å². The lowest BCUT2D eigenvalue weighted by Crippen LogP contribution is -2.07. The van der Waals surface area contributed by atoms with E-state index >= 15 is 0 Å². The first-order chi connectivity index (χ1) is 12.2. The minimum atomic E-state index is -0.484. The van der Waals surface area contributed by atoms with Crippen molar-refractivity contribution in [3.05, 3.63) is 65.2 Å². The summed E-state index contributed by atoms with van der Waals surface area (Å²) in [5.74, 6) is 1.66. The van der Waals surface area contributed by atoms with E-state index in [0.29, 0.717) is 11.7 Å². The van der Waals surface area contributed by atoms with E-state index in [2.05, 4.69) is 6.92 Å². The Hall–Kier alpha value is -2.29. The summed E-state index contributed by atoms with van der Waals surface area (Å²) in [5, 5.41) is 9.62. The molecule has 0 amide bonds. The van der Waals surface area contributed by atoms with Crippen molar-refractivity contribution in [2.24, 2.45) is 5.92 Å². The summed E-state index contributed by atoms with van der Waals surface area (Å²) in [7, 11) is 0. The fourth-order valence-corrected chi connectivity index (χ4v) is 3.59. The number of phenols is 1. The average Bonchev–Trinajstić information content (AvgIpc) is 2.63. The summed E-state index contributed by atoms with van der Waals surface area (Å²) in [6.07, 6.45) is 4.72. The lowest BCUT2D eigenvalue weighted by Gasteiger charge is -2.25. The fourth-order valence-electron chi connectivity index (χ4n) is 3.59. The SMILES string of the molecule is CC1CCC/C(=C(\c2ccc(O)cc2)c2ccc(OCCF)cc2)C1. The summed E-state index contributed by atoms with van der Waals surface area (Å²) in [6.45, 7) is 1.91. The molecule has 1 unspecified atom stereocenters. The summed E-state index contributed by atoms with van der Waals surface area (Å²) < 4.78 is 17.6. The molecule has 1 aliphatic rings. The Labute approximate surface area is 149 Å². The molecule has 3 rings (SSSR count). The van der Waals surface area contributed by atoms with E-state index in [4.69, 9.17) is 4.74 Å². The first-order valence-electron chi connectivity index (χ1n) is 8.98. The quantitative estimate of drug-likeness (QED) is 0.750. The Balaban J connectivity index is 1.99. The predicted molar refractivity (Wildman–Crippen MR) is 99.7 cm³/mol. The Kier molecular flexibility index (Phi) is 5.75. The Morgan fingerprint density at radius 2 is 1.72 bits per heavy atom. The van der Waals surface area contributed by atoms with Crippen molar-refractivity contribution in [2.45, 2.75) is 32.6 Å². The van der Waals surface area contributed by atoms with Gasteiger partial charge in [-0.25, -0.2) is 4.39 Å². The summed E-state index contributed by atoms with van der Waals surface area (Å²) in [6, 6.07) is 15.3. The van der Waals surface area contributed by atoms with Gasteiger partial charge >= 0.3 is 0 Å². The molecule has 0 bridgehead atoms. The van der Waals surface area contributed by atoms with E-state index in [9.17, 15) is 9.50 Å². The summed E-state index contributed by atoms with van der Waals surface area (Å²) in [5.41, 5.74) is 4.99. The van der Waals surface area contributed by atoms with Crippen molar-refractivity contribution in [2.75, 3.05) is 13.3 Å². The maximum Gasteiger partial charge on any atom is 0.123 e. The van der Waals surface area contributed by atoms with Gasteiger partial charge in [0.1, 0.15) is 24.8 Å². The van der Waals surface area contributed by atoms with E-state index in [0.717, 1.165) is 24.0 Å². The molecule has 3 heteroatoms. The molecule has 1 aliphatic carbocycles. The minimum absolute atomic E-state index is 0.0861. The normalized spacial score (nSPS) is 19.5. The van der Waals surface area contributed by atoms with Gasteiger partial charge in [0.15, 0.2) is 0 Å². The number of rotatable bonds is 5. The topological polar surface area (TPSA) is 29.5 Å². The van der Waals surface area contributed by atoms with Crippen LogP contribution in [0.4, 0.5) is 4.39 Å². The fraction of sp³-hybridized carbons (Fsp3) is 0.364. The molecular formula is C22H25FO2. The van der Waals surface area contributed by atoms with Crippen LogP contribution in [0.2, 0.25) is 0 Å². The lowest BCUT2D eigenvalue weighted by atomic mass is 9.81. The number of alkyl halides is 1. The first-order valence-corrected chi connectivity index (χ1v) is 8.98. The van der Waals surface area contributed by atoms with Crippen molar-refractivity contribution in [1.29, 1.82) is 0 Å². The lowest BCUT2D eigenvalue weighted by molar-refractivity contribution is 0.273. The van der Waals surface area contributed by atoms with Gasteiger partial charge in [-0.05, 0) is 66.1 Å². The third-order valence-corrected chi connectivity index (χ3v) is 4.77. The molecule has 0 saturated heterocycles. The van der Waals surface area contributed by atoms with Crippen LogP contribution in [0.1, 0.15) is 43.7 Å². The standard InChI is InChI=1S/C22H25FO2/c1-16-3-2-4-19(15-16)22(17-5-9-20(24)10-6-17)18-7-11-21(12-8-18)25-14-13-23/h5-12,16,24H,2-4,13-15H2,1H3/b22-19-. The van der Waals surface area contributed by atoms with Crippen molar-refractivity contribution in [1.82, 2.24) is 0 Å². The molecule has 0 aromatic heterocycles. The van der Waals surface area contributed by atoms with Crippen LogP contribution >= 0.6 is 0 Å². The molecule has 25 heavy (non-hydrogen) atoms. The minimum Gasteiger partial charge on any atom is -0.508 e. The molecular weight excluding hydrogens is 315 g/mol. The largest absolute Gasteiger partial charge is 0.508 e. The maximum atomic E-state index is 12.3.